The zero-order valence-corrected chi connectivity index (χ0v) is 10.6. The van der Waals surface area contributed by atoms with E-state index in [1.807, 2.05) is 25.1 Å². The average Bonchev–Trinajstić information content (AvgIpc) is 2.69. The summed E-state index contributed by atoms with van der Waals surface area (Å²) in [6.07, 6.45) is 1.93. The van der Waals surface area contributed by atoms with Crippen LogP contribution in [0, 0.1) is 11.3 Å². The van der Waals surface area contributed by atoms with Crippen LogP contribution in [0.5, 0.6) is 0 Å². The van der Waals surface area contributed by atoms with Gasteiger partial charge in [-0.2, -0.15) is 5.26 Å². The van der Waals surface area contributed by atoms with Crippen molar-refractivity contribution in [3.8, 4) is 6.07 Å². The van der Waals surface area contributed by atoms with Crippen molar-refractivity contribution < 1.29 is 5.11 Å². The molecule has 1 aliphatic rings. The first-order chi connectivity index (χ1) is 8.60. The third-order valence-corrected chi connectivity index (χ3v) is 2.98. The molecular weight excluding hydrogens is 230 g/mol. The summed E-state index contributed by atoms with van der Waals surface area (Å²) in [5, 5.41) is 18.6. The summed E-state index contributed by atoms with van der Waals surface area (Å²) in [6, 6.07) is 3.77. The largest absolute Gasteiger partial charge is 0.391 e. The SMILES string of the molecule is CN(C)CC1CC(O)CN1c1nccc(C#N)n1. The summed E-state index contributed by atoms with van der Waals surface area (Å²) in [5.41, 5.74) is 0.352. The van der Waals surface area contributed by atoms with Crippen molar-refractivity contribution >= 4 is 5.95 Å². The van der Waals surface area contributed by atoms with Gasteiger partial charge in [0.25, 0.3) is 0 Å². The van der Waals surface area contributed by atoms with E-state index in [0.717, 1.165) is 6.54 Å². The number of likely N-dealkylation sites (N-methyl/N-ethyl adjacent to an activating group) is 1. The van der Waals surface area contributed by atoms with Crippen LogP contribution in [0.15, 0.2) is 12.3 Å². The molecule has 96 valence electrons. The number of hydrogen-bond donors (Lipinski definition) is 1. The monoisotopic (exact) mass is 247 g/mol. The number of rotatable bonds is 3. The van der Waals surface area contributed by atoms with E-state index in [-0.39, 0.29) is 12.1 Å². The van der Waals surface area contributed by atoms with Gasteiger partial charge in [-0.3, -0.25) is 0 Å². The number of nitrogens with zero attached hydrogens (tertiary/aromatic N) is 5. The van der Waals surface area contributed by atoms with Gasteiger partial charge in [-0.05, 0) is 26.6 Å². The van der Waals surface area contributed by atoms with Gasteiger partial charge in [-0.1, -0.05) is 0 Å². The summed E-state index contributed by atoms with van der Waals surface area (Å²) in [5.74, 6) is 0.525. The Kier molecular flexibility index (Phi) is 3.75. The Morgan fingerprint density at radius 2 is 2.39 bits per heavy atom. The van der Waals surface area contributed by atoms with E-state index in [1.165, 1.54) is 0 Å². The fraction of sp³-hybridized carbons (Fsp3) is 0.583. The van der Waals surface area contributed by atoms with Crippen LogP contribution in [0.4, 0.5) is 5.95 Å². The van der Waals surface area contributed by atoms with Crippen molar-refractivity contribution in [2.45, 2.75) is 18.6 Å². The highest BCUT2D eigenvalue weighted by Crippen LogP contribution is 2.23. The average molecular weight is 247 g/mol. The normalized spacial score (nSPS) is 23.4. The number of hydrogen-bond acceptors (Lipinski definition) is 6. The van der Waals surface area contributed by atoms with Gasteiger partial charge in [0.05, 0.1) is 6.10 Å². The lowest BCUT2D eigenvalue weighted by Gasteiger charge is -2.26. The van der Waals surface area contributed by atoms with E-state index in [2.05, 4.69) is 14.9 Å². The lowest BCUT2D eigenvalue weighted by Crippen LogP contribution is -2.38. The van der Waals surface area contributed by atoms with Crippen LogP contribution in [0.3, 0.4) is 0 Å². The van der Waals surface area contributed by atoms with Gasteiger partial charge in [0, 0.05) is 25.3 Å². The molecule has 2 heterocycles. The molecule has 1 aromatic rings. The maximum Gasteiger partial charge on any atom is 0.226 e. The second kappa shape index (κ2) is 5.29. The van der Waals surface area contributed by atoms with E-state index in [1.54, 1.807) is 12.3 Å². The summed E-state index contributed by atoms with van der Waals surface area (Å²) in [6.45, 7) is 1.35. The zero-order valence-electron chi connectivity index (χ0n) is 10.6. The molecule has 0 bridgehead atoms. The summed E-state index contributed by atoms with van der Waals surface area (Å²) in [7, 11) is 3.99. The van der Waals surface area contributed by atoms with Crippen molar-refractivity contribution in [1.82, 2.24) is 14.9 Å². The second-order valence-corrected chi connectivity index (χ2v) is 4.81. The third kappa shape index (κ3) is 2.75. The van der Waals surface area contributed by atoms with Gasteiger partial charge in [0.15, 0.2) is 0 Å². The van der Waals surface area contributed by atoms with Gasteiger partial charge < -0.3 is 14.9 Å². The number of anilines is 1. The molecule has 6 heteroatoms. The lowest BCUT2D eigenvalue weighted by atomic mass is 10.2. The van der Waals surface area contributed by atoms with Crippen molar-refractivity contribution in [2.24, 2.45) is 0 Å². The molecule has 1 saturated heterocycles. The van der Waals surface area contributed by atoms with Crippen LogP contribution in [0.1, 0.15) is 12.1 Å². The number of aliphatic hydroxyl groups excluding tert-OH is 1. The topological polar surface area (TPSA) is 76.3 Å². The summed E-state index contributed by atoms with van der Waals surface area (Å²) in [4.78, 5) is 12.4. The van der Waals surface area contributed by atoms with Crippen LogP contribution in [0.25, 0.3) is 0 Å². The molecule has 0 aliphatic carbocycles. The second-order valence-electron chi connectivity index (χ2n) is 4.81. The molecule has 0 aromatic carbocycles. The minimum atomic E-state index is -0.357. The first kappa shape index (κ1) is 12.7. The minimum Gasteiger partial charge on any atom is -0.391 e. The van der Waals surface area contributed by atoms with Gasteiger partial charge in [-0.25, -0.2) is 9.97 Å². The quantitative estimate of drug-likeness (QED) is 0.800. The van der Waals surface area contributed by atoms with Crippen LogP contribution < -0.4 is 4.90 Å². The maximum atomic E-state index is 9.79. The molecule has 1 aliphatic heterocycles. The molecule has 0 spiro atoms. The number of aliphatic hydroxyl groups is 1. The van der Waals surface area contributed by atoms with Crippen molar-refractivity contribution in [1.29, 1.82) is 5.26 Å². The molecule has 18 heavy (non-hydrogen) atoms. The van der Waals surface area contributed by atoms with Gasteiger partial charge in [-0.15, -0.1) is 0 Å². The Morgan fingerprint density at radius 1 is 1.61 bits per heavy atom. The number of aromatic nitrogens is 2. The highest BCUT2D eigenvalue weighted by molar-refractivity contribution is 5.37. The van der Waals surface area contributed by atoms with E-state index < -0.39 is 0 Å². The summed E-state index contributed by atoms with van der Waals surface area (Å²) >= 11 is 0. The van der Waals surface area contributed by atoms with E-state index >= 15 is 0 Å². The standard InChI is InChI=1S/C12H17N5O/c1-16(2)7-10-5-11(18)8-17(10)12-14-4-3-9(6-13)15-12/h3-4,10-11,18H,5,7-8H2,1-2H3. The molecular formula is C12H17N5O. The fourth-order valence-electron chi connectivity index (χ4n) is 2.28. The summed E-state index contributed by atoms with van der Waals surface area (Å²) < 4.78 is 0. The Hall–Kier alpha value is -1.71. The van der Waals surface area contributed by atoms with E-state index in [0.29, 0.717) is 24.6 Å². The van der Waals surface area contributed by atoms with Crippen molar-refractivity contribution in [3.05, 3.63) is 18.0 Å². The first-order valence-electron chi connectivity index (χ1n) is 5.92. The molecule has 6 nitrogen and oxygen atoms in total. The molecule has 0 radical (unpaired) electrons. The molecule has 0 amide bonds. The highest BCUT2D eigenvalue weighted by Gasteiger charge is 2.32. The third-order valence-electron chi connectivity index (χ3n) is 2.98. The predicted octanol–water partition coefficient (Wildman–Crippen LogP) is -0.151. The molecule has 2 atom stereocenters. The van der Waals surface area contributed by atoms with Crippen LogP contribution in [-0.4, -0.2) is 59.3 Å². The first-order valence-corrected chi connectivity index (χ1v) is 5.92. The maximum absolute atomic E-state index is 9.79. The lowest BCUT2D eigenvalue weighted by molar-refractivity contribution is 0.191. The zero-order chi connectivity index (χ0) is 13.1. The smallest absolute Gasteiger partial charge is 0.226 e. The minimum absolute atomic E-state index is 0.184. The predicted molar refractivity (Wildman–Crippen MR) is 67.1 cm³/mol. The highest BCUT2D eigenvalue weighted by atomic mass is 16.3. The van der Waals surface area contributed by atoms with Crippen molar-refractivity contribution in [3.63, 3.8) is 0 Å². The van der Waals surface area contributed by atoms with Crippen LogP contribution in [0.2, 0.25) is 0 Å². The Bertz CT molecular complexity index is 456. The van der Waals surface area contributed by atoms with Crippen molar-refractivity contribution in [2.75, 3.05) is 32.1 Å². The molecule has 1 fully saturated rings. The Morgan fingerprint density at radius 3 is 3.06 bits per heavy atom. The van der Waals surface area contributed by atoms with Gasteiger partial charge in [0.1, 0.15) is 11.8 Å². The fourth-order valence-corrected chi connectivity index (χ4v) is 2.28. The van der Waals surface area contributed by atoms with Gasteiger partial charge in [0.2, 0.25) is 5.95 Å². The van der Waals surface area contributed by atoms with E-state index in [4.69, 9.17) is 5.26 Å². The van der Waals surface area contributed by atoms with Gasteiger partial charge >= 0.3 is 0 Å². The van der Waals surface area contributed by atoms with Crippen LogP contribution >= 0.6 is 0 Å². The van der Waals surface area contributed by atoms with Crippen LogP contribution in [-0.2, 0) is 0 Å². The number of nitriles is 1. The molecule has 2 rings (SSSR count). The molecule has 2 unspecified atom stereocenters. The van der Waals surface area contributed by atoms with E-state index in [9.17, 15) is 5.11 Å². The Labute approximate surface area is 106 Å². The Balaban J connectivity index is 2.21. The number of β-amino-alcohol motifs (C(OH)–C–C–N with tert-alkyl or cyclic N) is 1. The molecule has 1 N–H and O–H groups in total. The molecule has 1 aromatic heterocycles. The molecule has 0 saturated carbocycles.